The zero-order valence-electron chi connectivity index (χ0n) is 15.7. The molecule has 1 heterocycles. The van der Waals surface area contributed by atoms with E-state index in [4.69, 9.17) is 16.3 Å². The summed E-state index contributed by atoms with van der Waals surface area (Å²) in [5.41, 5.74) is 0. The third-order valence-corrected chi connectivity index (χ3v) is 4.82. The third kappa shape index (κ3) is 8.25. The van der Waals surface area contributed by atoms with Gasteiger partial charge in [0.2, 0.25) is 0 Å². The topological polar surface area (TPSA) is 56.8 Å². The highest BCUT2D eigenvalue weighted by molar-refractivity contribution is 6.30. The molecule has 1 aliphatic rings. The van der Waals surface area contributed by atoms with Gasteiger partial charge in [-0.15, -0.1) is 0 Å². The number of hydrogen-bond donors (Lipinski definition) is 2. The number of carbonyl (C=O) groups is 1. The van der Waals surface area contributed by atoms with E-state index in [-0.39, 0.29) is 6.03 Å². The molecular formula is C19H31ClN4O2. The summed E-state index contributed by atoms with van der Waals surface area (Å²) in [4.78, 5) is 16.7. The van der Waals surface area contributed by atoms with Crippen LogP contribution in [0.5, 0.6) is 5.75 Å². The molecule has 6 nitrogen and oxygen atoms in total. The Hall–Kier alpha value is -1.50. The second-order valence-corrected chi connectivity index (χ2v) is 6.90. The summed E-state index contributed by atoms with van der Waals surface area (Å²) >= 11 is 5.82. The summed E-state index contributed by atoms with van der Waals surface area (Å²) in [7, 11) is 0. The molecule has 0 saturated carbocycles. The van der Waals surface area contributed by atoms with Crippen molar-refractivity contribution in [1.29, 1.82) is 0 Å². The fourth-order valence-electron chi connectivity index (χ4n) is 2.92. The maximum Gasteiger partial charge on any atom is 0.314 e. The molecule has 0 aromatic heterocycles. The third-order valence-electron chi connectivity index (χ3n) is 4.57. The van der Waals surface area contributed by atoms with E-state index in [0.29, 0.717) is 24.7 Å². The number of ether oxygens (including phenoxy) is 1. The largest absolute Gasteiger partial charge is 0.492 e. The number of rotatable bonds is 10. The first kappa shape index (κ1) is 20.8. The Balaban J connectivity index is 1.42. The summed E-state index contributed by atoms with van der Waals surface area (Å²) in [6.07, 6.45) is 2.12. The molecule has 26 heavy (non-hydrogen) atoms. The van der Waals surface area contributed by atoms with Crippen LogP contribution < -0.4 is 15.4 Å². The van der Waals surface area contributed by atoms with E-state index < -0.39 is 0 Å². The zero-order valence-corrected chi connectivity index (χ0v) is 16.4. The van der Waals surface area contributed by atoms with Crippen LogP contribution in [0.1, 0.15) is 19.8 Å². The quantitative estimate of drug-likeness (QED) is 0.610. The summed E-state index contributed by atoms with van der Waals surface area (Å²) < 4.78 is 5.53. The zero-order chi connectivity index (χ0) is 18.6. The first-order valence-corrected chi connectivity index (χ1v) is 9.90. The molecule has 0 bridgehead atoms. The van der Waals surface area contributed by atoms with Gasteiger partial charge in [-0.05, 0) is 50.2 Å². The monoisotopic (exact) mass is 382 g/mol. The van der Waals surface area contributed by atoms with Crippen LogP contribution in [0, 0.1) is 0 Å². The molecule has 7 heteroatoms. The molecule has 0 aliphatic carbocycles. The average Bonchev–Trinajstić information content (AvgIpc) is 2.67. The van der Waals surface area contributed by atoms with Crippen molar-refractivity contribution >= 4 is 17.6 Å². The van der Waals surface area contributed by atoms with Gasteiger partial charge in [0.25, 0.3) is 0 Å². The molecule has 0 atom stereocenters. The number of amides is 2. The van der Waals surface area contributed by atoms with Crippen molar-refractivity contribution in [2.24, 2.45) is 0 Å². The Morgan fingerprint density at radius 1 is 1.04 bits per heavy atom. The smallest absolute Gasteiger partial charge is 0.314 e. The number of unbranched alkanes of at least 4 members (excludes halogenated alkanes) is 1. The lowest BCUT2D eigenvalue weighted by atomic mass is 10.2. The van der Waals surface area contributed by atoms with Gasteiger partial charge >= 0.3 is 6.03 Å². The second kappa shape index (κ2) is 12.0. The number of benzene rings is 1. The van der Waals surface area contributed by atoms with Crippen LogP contribution in [0.15, 0.2) is 24.3 Å². The van der Waals surface area contributed by atoms with Gasteiger partial charge in [0.15, 0.2) is 0 Å². The van der Waals surface area contributed by atoms with E-state index in [0.717, 1.165) is 44.8 Å². The Bertz CT molecular complexity index is 519. The maximum atomic E-state index is 11.7. The Kier molecular flexibility index (Phi) is 9.60. The van der Waals surface area contributed by atoms with Gasteiger partial charge in [-0.1, -0.05) is 18.5 Å². The fourth-order valence-corrected chi connectivity index (χ4v) is 3.04. The minimum absolute atomic E-state index is 0.138. The number of hydrogen-bond acceptors (Lipinski definition) is 4. The summed E-state index contributed by atoms with van der Waals surface area (Å²) in [5.74, 6) is 0.747. The lowest BCUT2D eigenvalue weighted by Crippen LogP contribution is -2.46. The van der Waals surface area contributed by atoms with Gasteiger partial charge in [-0.3, -0.25) is 0 Å². The molecule has 2 amide bonds. The van der Waals surface area contributed by atoms with Gasteiger partial charge in [0.1, 0.15) is 12.4 Å². The molecule has 2 rings (SSSR count). The van der Waals surface area contributed by atoms with E-state index in [1.54, 1.807) is 12.1 Å². The molecule has 0 radical (unpaired) electrons. The van der Waals surface area contributed by atoms with Crippen LogP contribution in [0.3, 0.4) is 0 Å². The fraction of sp³-hybridized carbons (Fsp3) is 0.632. The van der Waals surface area contributed by atoms with Gasteiger partial charge < -0.3 is 25.2 Å². The minimum atomic E-state index is -0.138. The molecule has 1 saturated heterocycles. The molecule has 0 spiro atoms. The van der Waals surface area contributed by atoms with Gasteiger partial charge in [-0.2, -0.15) is 0 Å². The van der Waals surface area contributed by atoms with Crippen molar-refractivity contribution in [2.45, 2.75) is 19.8 Å². The first-order valence-electron chi connectivity index (χ1n) is 9.52. The summed E-state index contributed by atoms with van der Waals surface area (Å²) in [5, 5.41) is 6.37. The van der Waals surface area contributed by atoms with Crippen molar-refractivity contribution in [3.05, 3.63) is 29.3 Å². The van der Waals surface area contributed by atoms with Crippen LogP contribution in [0.2, 0.25) is 5.02 Å². The number of piperazine rings is 1. The van der Waals surface area contributed by atoms with Gasteiger partial charge in [0.05, 0.1) is 6.54 Å². The van der Waals surface area contributed by atoms with Gasteiger partial charge in [-0.25, -0.2) is 4.79 Å². The predicted molar refractivity (Wildman–Crippen MR) is 106 cm³/mol. The predicted octanol–water partition coefficient (Wildman–Crippen LogP) is 2.44. The van der Waals surface area contributed by atoms with Crippen molar-refractivity contribution in [3.8, 4) is 5.75 Å². The van der Waals surface area contributed by atoms with E-state index in [1.165, 1.54) is 13.1 Å². The van der Waals surface area contributed by atoms with Crippen molar-refractivity contribution in [1.82, 2.24) is 20.4 Å². The van der Waals surface area contributed by atoms with Crippen molar-refractivity contribution in [2.75, 3.05) is 59.0 Å². The van der Waals surface area contributed by atoms with Crippen LogP contribution in [-0.2, 0) is 0 Å². The molecule has 146 valence electrons. The normalized spacial score (nSPS) is 15.6. The standard InChI is InChI=1S/C19H31ClN4O2/c1-2-23-12-14-24(15-13-23)11-4-3-9-21-19(25)22-10-16-26-18-7-5-17(20)6-8-18/h5-8H,2-4,9-16H2,1H3,(H2,21,22,25). The van der Waals surface area contributed by atoms with Gasteiger partial charge in [0, 0.05) is 37.7 Å². The number of urea groups is 1. The summed E-state index contributed by atoms with van der Waals surface area (Å²) in [6.45, 7) is 10.8. The van der Waals surface area contributed by atoms with E-state index in [9.17, 15) is 4.79 Å². The second-order valence-electron chi connectivity index (χ2n) is 6.47. The highest BCUT2D eigenvalue weighted by Gasteiger charge is 2.14. The van der Waals surface area contributed by atoms with E-state index in [2.05, 4.69) is 27.4 Å². The van der Waals surface area contributed by atoms with Crippen LogP contribution in [-0.4, -0.2) is 74.8 Å². The lowest BCUT2D eigenvalue weighted by molar-refractivity contribution is 0.135. The molecule has 1 aromatic rings. The number of halogens is 1. The molecule has 2 N–H and O–H groups in total. The highest BCUT2D eigenvalue weighted by atomic mass is 35.5. The Morgan fingerprint density at radius 2 is 1.69 bits per heavy atom. The number of likely N-dealkylation sites (N-methyl/N-ethyl adjacent to an activating group) is 1. The van der Waals surface area contributed by atoms with Crippen LogP contribution >= 0.6 is 11.6 Å². The van der Waals surface area contributed by atoms with Crippen molar-refractivity contribution in [3.63, 3.8) is 0 Å². The van der Waals surface area contributed by atoms with Crippen molar-refractivity contribution < 1.29 is 9.53 Å². The number of carbonyl (C=O) groups excluding carboxylic acids is 1. The molecule has 1 fully saturated rings. The summed E-state index contributed by atoms with van der Waals surface area (Å²) in [6, 6.07) is 7.04. The minimum Gasteiger partial charge on any atom is -0.492 e. The molecule has 1 aromatic carbocycles. The molecule has 1 aliphatic heterocycles. The Morgan fingerprint density at radius 3 is 2.38 bits per heavy atom. The molecular weight excluding hydrogens is 352 g/mol. The van der Waals surface area contributed by atoms with E-state index >= 15 is 0 Å². The highest BCUT2D eigenvalue weighted by Crippen LogP contribution is 2.15. The average molecular weight is 383 g/mol. The SMILES string of the molecule is CCN1CCN(CCCCNC(=O)NCCOc2ccc(Cl)cc2)CC1. The number of nitrogens with one attached hydrogen (secondary N) is 2. The van der Waals surface area contributed by atoms with Crippen LogP contribution in [0.4, 0.5) is 4.79 Å². The number of nitrogens with zero attached hydrogens (tertiary/aromatic N) is 2. The lowest BCUT2D eigenvalue weighted by Gasteiger charge is -2.33. The Labute approximate surface area is 161 Å². The maximum absolute atomic E-state index is 11.7. The van der Waals surface area contributed by atoms with E-state index in [1.807, 2.05) is 12.1 Å². The molecule has 0 unspecified atom stereocenters. The first-order chi connectivity index (χ1) is 12.7. The van der Waals surface area contributed by atoms with Crippen LogP contribution in [0.25, 0.3) is 0 Å².